The number of anilines is 4. The molecule has 8 heteroatoms. The first-order valence-electron chi connectivity index (χ1n) is 31.3. The largest absolute Gasteiger partial charge is 0.457 e. The number of rotatable bonds is 10. The summed E-state index contributed by atoms with van der Waals surface area (Å²) < 4.78 is 58.6. The molecule has 0 spiro atoms. The van der Waals surface area contributed by atoms with E-state index in [1.54, 1.807) is 0 Å². The molecule has 8 aromatic carbocycles. The van der Waals surface area contributed by atoms with E-state index in [9.17, 15) is 0 Å². The fraction of sp³-hybridized carbons (Fsp3) is 0.338. The van der Waals surface area contributed by atoms with Crippen molar-refractivity contribution in [1.29, 1.82) is 0 Å². The highest BCUT2D eigenvalue weighted by Crippen LogP contribution is 2.54. The third-order valence-electron chi connectivity index (χ3n) is 17.7. The first kappa shape index (κ1) is 61.5. The Balaban J connectivity index is 1.18. The molecular weight excluding hydrogens is 1090 g/mol. The highest BCUT2D eigenvalue weighted by Gasteiger charge is 2.36. The van der Waals surface area contributed by atoms with Gasteiger partial charge in [-0.3, -0.25) is 4.57 Å². The Labute approximate surface area is 521 Å². The van der Waals surface area contributed by atoms with Gasteiger partial charge in [0.05, 0.1) is 33.7 Å². The Kier molecular flexibility index (Phi) is 15.5. The zero-order valence-corrected chi connectivity index (χ0v) is 55.2. The van der Waals surface area contributed by atoms with Gasteiger partial charge in [-0.15, -0.1) is 0 Å². The standard InChI is InChI=1S/C80H87F3N4O/c1-47(2)49-32-50(48(3)4)34-51(33-49)62-37-54(77(8,9)10)38-63(74-66(82)42-56(81)43-67(74)83)75(62)86-46-85(69-26-22-23-27-70(69)86)57-35-52(73-64(79(14,15)16)39-55(78(11,12)13)40-65(73)80(17,18)19)36-59(44-57)88-58-28-29-61-60-24-20-21-25-68(60)87(71(61)45-58)72-41-53(30-31-84-72)76(5,6)7/h20-45,47-48H,46H2,1-19H3. The average molecular weight is 1180 g/mol. The van der Waals surface area contributed by atoms with E-state index in [-0.39, 0.29) is 45.7 Å². The molecule has 11 rings (SSSR count). The third kappa shape index (κ3) is 11.6. The second-order valence-corrected chi connectivity index (χ2v) is 30.3. The predicted octanol–water partition coefficient (Wildman–Crippen LogP) is 23.4. The van der Waals surface area contributed by atoms with Crippen LogP contribution in [0.25, 0.3) is 61.0 Å². The lowest BCUT2D eigenvalue weighted by atomic mass is 9.71. The van der Waals surface area contributed by atoms with Crippen LogP contribution in [-0.4, -0.2) is 16.2 Å². The number of hydrogen-bond acceptors (Lipinski definition) is 4. The van der Waals surface area contributed by atoms with Crippen LogP contribution in [-0.2, 0) is 27.1 Å². The average Bonchev–Trinajstić information content (AvgIpc) is 1.41. The maximum absolute atomic E-state index is 16.9. The van der Waals surface area contributed by atoms with E-state index in [0.717, 1.165) is 95.8 Å². The van der Waals surface area contributed by atoms with Crippen LogP contribution in [0, 0.1) is 17.5 Å². The van der Waals surface area contributed by atoms with Crippen molar-refractivity contribution in [2.75, 3.05) is 16.5 Å². The Hall–Kier alpha value is -8.10. The van der Waals surface area contributed by atoms with Gasteiger partial charge in [0.15, 0.2) is 0 Å². The van der Waals surface area contributed by atoms with Crippen LogP contribution in [0.2, 0.25) is 0 Å². The van der Waals surface area contributed by atoms with Crippen molar-refractivity contribution >= 4 is 44.6 Å². The number of aromatic nitrogens is 2. The molecule has 0 N–H and O–H groups in total. The van der Waals surface area contributed by atoms with Gasteiger partial charge < -0.3 is 14.5 Å². The maximum Gasteiger partial charge on any atom is 0.137 e. The van der Waals surface area contributed by atoms with Crippen molar-refractivity contribution in [3.8, 4) is 50.7 Å². The molecule has 5 nitrogen and oxygen atoms in total. The Morgan fingerprint density at radius 3 is 1.57 bits per heavy atom. The normalized spacial score (nSPS) is 13.5. The minimum Gasteiger partial charge on any atom is -0.457 e. The van der Waals surface area contributed by atoms with Crippen LogP contribution in [0.15, 0.2) is 158 Å². The van der Waals surface area contributed by atoms with Crippen molar-refractivity contribution in [2.24, 2.45) is 0 Å². The summed E-state index contributed by atoms with van der Waals surface area (Å²) in [7, 11) is 0. The minimum atomic E-state index is -0.975. The predicted molar refractivity (Wildman–Crippen MR) is 365 cm³/mol. The number of halogens is 3. The van der Waals surface area contributed by atoms with E-state index in [2.05, 4.69) is 267 Å². The first-order valence-corrected chi connectivity index (χ1v) is 31.3. The molecule has 0 bridgehead atoms. The summed E-state index contributed by atoms with van der Waals surface area (Å²) in [4.78, 5) is 9.49. The van der Waals surface area contributed by atoms with Crippen LogP contribution in [0.3, 0.4) is 0 Å². The monoisotopic (exact) mass is 1180 g/mol. The number of pyridine rings is 1. The first-order chi connectivity index (χ1) is 41.1. The van der Waals surface area contributed by atoms with Crippen LogP contribution in [0.4, 0.5) is 35.9 Å². The van der Waals surface area contributed by atoms with E-state index in [4.69, 9.17) is 9.72 Å². The summed E-state index contributed by atoms with van der Waals surface area (Å²) in [5, 5.41) is 2.21. The molecule has 0 fully saturated rings. The number of fused-ring (bicyclic) bond motifs is 4. The van der Waals surface area contributed by atoms with Gasteiger partial charge in [-0.1, -0.05) is 192 Å². The highest BCUT2D eigenvalue weighted by atomic mass is 19.1. The van der Waals surface area contributed by atoms with Gasteiger partial charge in [0, 0.05) is 58.0 Å². The maximum atomic E-state index is 16.9. The van der Waals surface area contributed by atoms with E-state index in [1.165, 1.54) is 22.3 Å². The molecular formula is C80H87F3N4O. The van der Waals surface area contributed by atoms with Gasteiger partial charge in [0.1, 0.15) is 41.4 Å². The van der Waals surface area contributed by atoms with Gasteiger partial charge in [-0.05, 0) is 161 Å². The lowest BCUT2D eigenvalue weighted by Crippen LogP contribution is -2.26. The molecule has 88 heavy (non-hydrogen) atoms. The molecule has 0 saturated heterocycles. The lowest BCUT2D eigenvalue weighted by molar-refractivity contribution is 0.483. The van der Waals surface area contributed by atoms with Crippen molar-refractivity contribution in [3.05, 3.63) is 214 Å². The fourth-order valence-electron chi connectivity index (χ4n) is 12.6. The summed E-state index contributed by atoms with van der Waals surface area (Å²) in [6, 6.07) is 51.3. The summed E-state index contributed by atoms with van der Waals surface area (Å²) in [6.45, 7) is 42.7. The van der Waals surface area contributed by atoms with Gasteiger partial charge >= 0.3 is 0 Å². The summed E-state index contributed by atoms with van der Waals surface area (Å²) in [6.07, 6.45) is 1.90. The lowest BCUT2D eigenvalue weighted by Gasteiger charge is -2.34. The van der Waals surface area contributed by atoms with Crippen LogP contribution in [0.1, 0.15) is 182 Å². The van der Waals surface area contributed by atoms with Crippen LogP contribution in [0.5, 0.6) is 11.5 Å². The van der Waals surface area contributed by atoms with Gasteiger partial charge in [-0.25, -0.2) is 18.2 Å². The molecule has 2 aromatic heterocycles. The second-order valence-electron chi connectivity index (χ2n) is 30.3. The topological polar surface area (TPSA) is 33.5 Å². The molecule has 10 aromatic rings. The molecule has 0 saturated carbocycles. The molecule has 0 atom stereocenters. The smallest absolute Gasteiger partial charge is 0.137 e. The zero-order valence-electron chi connectivity index (χ0n) is 55.2. The minimum absolute atomic E-state index is 0.0933. The molecule has 0 amide bonds. The van der Waals surface area contributed by atoms with E-state index < -0.39 is 22.9 Å². The Morgan fingerprint density at radius 2 is 0.989 bits per heavy atom. The highest BCUT2D eigenvalue weighted by molar-refractivity contribution is 6.09. The molecule has 0 unspecified atom stereocenters. The number of ether oxygens (including phenoxy) is 1. The molecule has 1 aliphatic rings. The van der Waals surface area contributed by atoms with Gasteiger partial charge in [0.2, 0.25) is 0 Å². The quantitative estimate of drug-likeness (QED) is 0.137. The third-order valence-corrected chi connectivity index (χ3v) is 17.7. The second kappa shape index (κ2) is 22.2. The van der Waals surface area contributed by atoms with Crippen LogP contribution < -0.4 is 14.5 Å². The molecule has 0 radical (unpaired) electrons. The molecule has 1 aliphatic heterocycles. The molecule has 3 heterocycles. The Bertz CT molecular complexity index is 4270. The van der Waals surface area contributed by atoms with Crippen LogP contribution >= 0.6 is 0 Å². The molecule has 454 valence electrons. The van der Waals surface area contributed by atoms with E-state index in [0.29, 0.717) is 22.7 Å². The number of nitrogens with zero attached hydrogens (tertiary/aromatic N) is 4. The van der Waals surface area contributed by atoms with Crippen molar-refractivity contribution in [2.45, 2.75) is 170 Å². The van der Waals surface area contributed by atoms with Crippen molar-refractivity contribution in [3.63, 3.8) is 0 Å². The summed E-state index contributed by atoms with van der Waals surface area (Å²) >= 11 is 0. The number of para-hydroxylation sites is 3. The van der Waals surface area contributed by atoms with E-state index >= 15 is 13.2 Å². The fourth-order valence-corrected chi connectivity index (χ4v) is 12.6. The van der Waals surface area contributed by atoms with E-state index in [1.807, 2.05) is 24.4 Å². The molecule has 0 aliphatic carbocycles. The number of hydrogen-bond donors (Lipinski definition) is 0. The van der Waals surface area contributed by atoms with Gasteiger partial charge in [0.25, 0.3) is 0 Å². The summed E-state index contributed by atoms with van der Waals surface area (Å²) in [5.41, 5.74) is 16.1. The Morgan fingerprint density at radius 1 is 0.443 bits per heavy atom. The SMILES string of the molecule is CC(C)c1cc(-c2cc(C(C)(C)C)cc(-c3c(F)cc(F)cc3F)c2N2CN(c3cc(Oc4ccc5c6ccccc6n(-c6cc(C(C)(C)C)ccn6)c5c4)cc(-c4c(C(C)(C)C)cc(C(C)(C)C)cc4C(C)(C)C)c3)c3ccccc32)cc(C(C)C)c1. The zero-order chi connectivity index (χ0) is 63.5. The van der Waals surface area contributed by atoms with Crippen molar-refractivity contribution in [1.82, 2.24) is 9.55 Å². The number of benzene rings is 8. The van der Waals surface area contributed by atoms with Crippen molar-refractivity contribution < 1.29 is 17.9 Å². The summed E-state index contributed by atoms with van der Waals surface area (Å²) in [5.74, 6) is -0.396. The van der Waals surface area contributed by atoms with Gasteiger partial charge in [-0.2, -0.15) is 0 Å².